The molecule has 0 atom stereocenters. The molecule has 0 bridgehead atoms. The molecule has 0 aliphatic carbocycles. The summed E-state index contributed by atoms with van der Waals surface area (Å²) in [5.41, 5.74) is -0.382. The molecule has 0 unspecified atom stereocenters. The summed E-state index contributed by atoms with van der Waals surface area (Å²) >= 11 is 0. The summed E-state index contributed by atoms with van der Waals surface area (Å²) in [5.74, 6) is 0.579. The molecule has 1 aromatic rings. The van der Waals surface area contributed by atoms with Crippen molar-refractivity contribution in [1.82, 2.24) is 4.90 Å². The van der Waals surface area contributed by atoms with E-state index in [0.29, 0.717) is 31.3 Å². The molecule has 0 amide bonds. The topological polar surface area (TPSA) is 62.9 Å². The first-order valence-corrected chi connectivity index (χ1v) is 5.29. The highest BCUT2D eigenvalue weighted by Crippen LogP contribution is 2.16. The zero-order valence-electron chi connectivity index (χ0n) is 9.23. The number of nitrogens with zero attached hydrogens (tertiary/aromatic N) is 1. The van der Waals surface area contributed by atoms with Gasteiger partial charge in [-0.15, -0.1) is 0 Å². The molecule has 1 fully saturated rings. The predicted octanol–water partition coefficient (Wildman–Crippen LogP) is 0.486. The van der Waals surface area contributed by atoms with Crippen molar-refractivity contribution in [2.45, 2.75) is 13.5 Å². The Morgan fingerprint density at radius 1 is 1.44 bits per heavy atom. The van der Waals surface area contributed by atoms with Crippen LogP contribution in [0, 0.1) is 6.92 Å². The lowest BCUT2D eigenvalue weighted by Gasteiger charge is -2.26. The minimum Gasteiger partial charge on any atom is -0.502 e. The molecule has 1 N–H and O–H groups in total. The Kier molecular flexibility index (Phi) is 3.26. The molecular formula is C11H15NO4. The van der Waals surface area contributed by atoms with Crippen molar-refractivity contribution < 1.29 is 14.3 Å². The quantitative estimate of drug-likeness (QED) is 0.793. The summed E-state index contributed by atoms with van der Waals surface area (Å²) in [6, 6.07) is 1.29. The Balaban J connectivity index is 2.16. The Morgan fingerprint density at radius 2 is 2.12 bits per heavy atom. The van der Waals surface area contributed by atoms with E-state index >= 15 is 0 Å². The molecular weight excluding hydrogens is 210 g/mol. The second-order valence-electron chi connectivity index (χ2n) is 3.88. The fourth-order valence-corrected chi connectivity index (χ4v) is 1.73. The van der Waals surface area contributed by atoms with Crippen molar-refractivity contribution in [2.24, 2.45) is 0 Å². The molecule has 0 saturated carbocycles. The van der Waals surface area contributed by atoms with Crippen LogP contribution in [-0.2, 0) is 11.3 Å². The summed E-state index contributed by atoms with van der Waals surface area (Å²) in [5, 5.41) is 9.59. The van der Waals surface area contributed by atoms with Gasteiger partial charge in [0.05, 0.1) is 19.8 Å². The molecule has 0 spiro atoms. The molecule has 2 heterocycles. The third kappa shape index (κ3) is 2.43. The van der Waals surface area contributed by atoms with Crippen LogP contribution in [0.15, 0.2) is 15.3 Å². The monoisotopic (exact) mass is 225 g/mol. The molecule has 0 aromatic carbocycles. The first-order chi connectivity index (χ1) is 7.66. The lowest BCUT2D eigenvalue weighted by Crippen LogP contribution is -2.35. The van der Waals surface area contributed by atoms with Crippen LogP contribution in [0.3, 0.4) is 0 Å². The third-order valence-electron chi connectivity index (χ3n) is 2.59. The molecule has 2 rings (SSSR count). The van der Waals surface area contributed by atoms with Gasteiger partial charge in [-0.1, -0.05) is 0 Å². The fraction of sp³-hybridized carbons (Fsp3) is 0.545. The Hall–Kier alpha value is -1.33. The zero-order chi connectivity index (χ0) is 11.5. The highest BCUT2D eigenvalue weighted by molar-refractivity contribution is 5.24. The first-order valence-electron chi connectivity index (χ1n) is 5.29. The van der Waals surface area contributed by atoms with Crippen LogP contribution in [0.4, 0.5) is 0 Å². The van der Waals surface area contributed by atoms with Crippen LogP contribution in [0.2, 0.25) is 0 Å². The average molecular weight is 225 g/mol. The standard InChI is InChI=1S/C11H15NO4/c1-8-6-9(13)11(14)10(16-8)7-12-2-4-15-5-3-12/h6,14H,2-5,7H2,1H3. The van der Waals surface area contributed by atoms with Crippen LogP contribution >= 0.6 is 0 Å². The van der Waals surface area contributed by atoms with Gasteiger partial charge in [0.2, 0.25) is 11.2 Å². The number of aromatic hydroxyl groups is 1. The number of ether oxygens (including phenoxy) is 1. The molecule has 1 aliphatic heterocycles. The minimum atomic E-state index is -0.382. The van der Waals surface area contributed by atoms with E-state index in [9.17, 15) is 9.90 Å². The van der Waals surface area contributed by atoms with Crippen molar-refractivity contribution >= 4 is 0 Å². The van der Waals surface area contributed by atoms with Gasteiger partial charge in [0.15, 0.2) is 5.76 Å². The van der Waals surface area contributed by atoms with E-state index in [0.717, 1.165) is 13.1 Å². The van der Waals surface area contributed by atoms with Gasteiger partial charge >= 0.3 is 0 Å². The summed E-state index contributed by atoms with van der Waals surface area (Å²) in [4.78, 5) is 13.4. The summed E-state index contributed by atoms with van der Waals surface area (Å²) in [7, 11) is 0. The number of aryl methyl sites for hydroxylation is 1. The second-order valence-corrected chi connectivity index (χ2v) is 3.88. The lowest BCUT2D eigenvalue weighted by molar-refractivity contribution is 0.0304. The van der Waals surface area contributed by atoms with Gasteiger partial charge in [-0.2, -0.15) is 0 Å². The Bertz CT molecular complexity index is 420. The van der Waals surface area contributed by atoms with Crippen molar-refractivity contribution in [1.29, 1.82) is 0 Å². The number of hydrogen-bond donors (Lipinski definition) is 1. The van der Waals surface area contributed by atoms with E-state index in [4.69, 9.17) is 9.15 Å². The number of hydrogen-bond acceptors (Lipinski definition) is 5. The van der Waals surface area contributed by atoms with Crippen LogP contribution in [0.25, 0.3) is 0 Å². The predicted molar refractivity (Wildman–Crippen MR) is 57.5 cm³/mol. The van der Waals surface area contributed by atoms with Crippen LogP contribution in [0.5, 0.6) is 5.75 Å². The molecule has 88 valence electrons. The minimum absolute atomic E-state index is 0.280. The van der Waals surface area contributed by atoms with Gasteiger partial charge < -0.3 is 14.3 Å². The maximum Gasteiger partial charge on any atom is 0.227 e. The van der Waals surface area contributed by atoms with Gasteiger partial charge in [-0.05, 0) is 6.92 Å². The normalized spacial score (nSPS) is 17.6. The van der Waals surface area contributed by atoms with Gasteiger partial charge in [0.25, 0.3) is 0 Å². The van der Waals surface area contributed by atoms with E-state index in [1.165, 1.54) is 6.07 Å². The number of morpholine rings is 1. The first kappa shape index (κ1) is 11.2. The van der Waals surface area contributed by atoms with Crippen LogP contribution in [0.1, 0.15) is 11.5 Å². The van der Waals surface area contributed by atoms with Gasteiger partial charge in [0.1, 0.15) is 5.76 Å². The lowest BCUT2D eigenvalue weighted by atomic mass is 10.3. The van der Waals surface area contributed by atoms with E-state index in [1.807, 2.05) is 0 Å². The maximum atomic E-state index is 11.3. The fourth-order valence-electron chi connectivity index (χ4n) is 1.73. The molecule has 5 heteroatoms. The molecule has 1 aliphatic rings. The molecule has 1 aromatic heterocycles. The van der Waals surface area contributed by atoms with Gasteiger partial charge in [-0.3, -0.25) is 9.69 Å². The maximum absolute atomic E-state index is 11.3. The van der Waals surface area contributed by atoms with E-state index in [1.54, 1.807) is 6.92 Å². The largest absolute Gasteiger partial charge is 0.502 e. The van der Waals surface area contributed by atoms with Crippen LogP contribution < -0.4 is 5.43 Å². The smallest absolute Gasteiger partial charge is 0.227 e. The second kappa shape index (κ2) is 4.67. The molecule has 1 saturated heterocycles. The van der Waals surface area contributed by atoms with E-state index in [2.05, 4.69) is 4.90 Å². The average Bonchev–Trinajstić information content (AvgIpc) is 2.27. The number of rotatable bonds is 2. The highest BCUT2D eigenvalue weighted by Gasteiger charge is 2.16. The Labute approximate surface area is 93.2 Å². The summed E-state index contributed by atoms with van der Waals surface area (Å²) < 4.78 is 10.6. The Morgan fingerprint density at radius 3 is 2.81 bits per heavy atom. The van der Waals surface area contributed by atoms with E-state index < -0.39 is 0 Å². The van der Waals surface area contributed by atoms with Gasteiger partial charge in [0, 0.05) is 19.2 Å². The van der Waals surface area contributed by atoms with Gasteiger partial charge in [-0.25, -0.2) is 0 Å². The van der Waals surface area contributed by atoms with Crippen LogP contribution in [-0.4, -0.2) is 36.3 Å². The summed E-state index contributed by atoms with van der Waals surface area (Å²) in [6.45, 7) is 5.08. The molecule has 16 heavy (non-hydrogen) atoms. The molecule has 5 nitrogen and oxygen atoms in total. The highest BCUT2D eigenvalue weighted by atomic mass is 16.5. The van der Waals surface area contributed by atoms with Crippen molar-refractivity contribution in [3.63, 3.8) is 0 Å². The SMILES string of the molecule is Cc1cc(=O)c(O)c(CN2CCOCC2)o1. The zero-order valence-corrected chi connectivity index (χ0v) is 9.23. The third-order valence-corrected chi connectivity index (χ3v) is 2.59. The van der Waals surface area contributed by atoms with E-state index in [-0.39, 0.29) is 11.2 Å². The van der Waals surface area contributed by atoms with Crippen molar-refractivity contribution in [3.8, 4) is 5.75 Å². The summed E-state index contributed by atoms with van der Waals surface area (Å²) in [6.07, 6.45) is 0. The molecule has 0 radical (unpaired) electrons. The van der Waals surface area contributed by atoms with Crippen molar-refractivity contribution in [2.75, 3.05) is 26.3 Å². The van der Waals surface area contributed by atoms with Crippen molar-refractivity contribution in [3.05, 3.63) is 27.8 Å².